The molecule has 1 aromatic rings. The molecule has 0 spiro atoms. The smallest absolute Gasteiger partial charge is 0.0116 e. The van der Waals surface area contributed by atoms with Gasteiger partial charge in [0, 0.05) is 4.90 Å². The Labute approximate surface area is 105 Å². The molecule has 0 N–H and O–H groups in total. The molecule has 2 heteroatoms. The van der Waals surface area contributed by atoms with Crippen LogP contribution in [-0.4, -0.2) is 13.3 Å². The van der Waals surface area contributed by atoms with Crippen LogP contribution < -0.4 is 0 Å². The lowest BCUT2D eigenvalue weighted by Gasteiger charge is -2.22. The molecule has 0 saturated heterocycles. The lowest BCUT2D eigenvalue weighted by atomic mass is 9.84. The summed E-state index contributed by atoms with van der Waals surface area (Å²) in [4.78, 5) is 1.44. The van der Waals surface area contributed by atoms with E-state index in [1.54, 1.807) is 5.56 Å². The van der Waals surface area contributed by atoms with Crippen molar-refractivity contribution < 1.29 is 0 Å². The molecule has 0 atom stereocenters. The zero-order valence-corrected chi connectivity index (χ0v) is 12.0. The molecule has 1 aliphatic carbocycles. The van der Waals surface area contributed by atoms with Crippen molar-refractivity contribution in [1.29, 1.82) is 0 Å². The third-order valence-electron chi connectivity index (χ3n) is 3.24. The van der Waals surface area contributed by atoms with Gasteiger partial charge in [-0.2, -0.15) is 0 Å². The summed E-state index contributed by atoms with van der Waals surface area (Å²) in [6.45, 7) is 4.63. The molecule has 0 radical (unpaired) electrons. The Morgan fingerprint density at radius 3 is 2.19 bits per heavy atom. The van der Waals surface area contributed by atoms with Gasteiger partial charge in [0.25, 0.3) is 0 Å². The van der Waals surface area contributed by atoms with E-state index in [-0.39, 0.29) is 7.12 Å². The van der Waals surface area contributed by atoms with E-state index < -0.39 is 0 Å². The summed E-state index contributed by atoms with van der Waals surface area (Å²) in [5, 5.41) is 0. The number of hydrogen-bond donors (Lipinski definition) is 0. The topological polar surface area (TPSA) is 0 Å². The van der Waals surface area contributed by atoms with Crippen LogP contribution >= 0.6 is 18.5 Å². The van der Waals surface area contributed by atoms with Crippen LogP contribution in [0.15, 0.2) is 29.2 Å². The van der Waals surface area contributed by atoms with Crippen molar-refractivity contribution in [2.75, 3.05) is 13.3 Å². The Hall–Kier alpha value is 0. The van der Waals surface area contributed by atoms with Crippen molar-refractivity contribution in [2.24, 2.45) is 0 Å². The van der Waals surface area contributed by atoms with E-state index in [1.807, 2.05) is 11.4 Å². The van der Waals surface area contributed by atoms with Gasteiger partial charge < -0.3 is 0 Å². The second-order valence-electron chi connectivity index (χ2n) is 4.81. The average molecular weight is 252 g/mol. The van der Waals surface area contributed by atoms with Gasteiger partial charge in [0.15, 0.2) is 0 Å². The molecule has 1 fully saturated rings. The molecule has 88 valence electrons. The Morgan fingerprint density at radius 2 is 1.62 bits per heavy atom. The van der Waals surface area contributed by atoms with Gasteiger partial charge in [-0.1, -0.05) is 42.8 Å². The summed E-state index contributed by atoms with van der Waals surface area (Å²) in [6.07, 6.45) is 7.11. The van der Waals surface area contributed by atoms with Gasteiger partial charge in [0.2, 0.25) is 0 Å². The average Bonchev–Trinajstić information content (AvgIpc) is 2.30. The van der Waals surface area contributed by atoms with Crippen LogP contribution in [0.4, 0.5) is 0 Å². The normalized spacial score (nSPS) is 17.9. The van der Waals surface area contributed by atoms with Gasteiger partial charge in [-0.25, -0.2) is 0 Å². The number of rotatable bonds is 3. The van der Waals surface area contributed by atoms with Crippen LogP contribution in [0.2, 0.25) is 0 Å². The number of benzene rings is 1. The zero-order valence-electron chi connectivity index (χ0n) is 10.3. The van der Waals surface area contributed by atoms with Crippen molar-refractivity contribution in [1.82, 2.24) is 0 Å². The Bertz CT molecular complexity index is 312. The molecular weight excluding hydrogens is 231 g/mol. The molecule has 0 amide bonds. The molecule has 2 rings (SSSR count). The minimum absolute atomic E-state index is 0.116. The highest BCUT2D eigenvalue weighted by molar-refractivity contribution is 8.55. The largest absolute Gasteiger partial charge is 0.0992 e. The Morgan fingerprint density at radius 1 is 1.00 bits per heavy atom. The third kappa shape index (κ3) is 3.50. The molecule has 0 aliphatic heterocycles. The second-order valence-corrected chi connectivity index (χ2v) is 9.82. The van der Waals surface area contributed by atoms with E-state index in [0.29, 0.717) is 0 Å². The monoisotopic (exact) mass is 252 g/mol. The Balaban J connectivity index is 2.00. The summed E-state index contributed by atoms with van der Waals surface area (Å²) >= 11 is 2.02. The van der Waals surface area contributed by atoms with Crippen LogP contribution in [-0.2, 0) is 0 Å². The summed E-state index contributed by atoms with van der Waals surface area (Å²) in [6, 6.07) is 9.35. The standard InChI is InChI=1S/C14H21PS/c1-15(2)16-14-10-8-13(9-11-14)12-6-4-3-5-7-12/h8-12H,3-7H2,1-2H3. The van der Waals surface area contributed by atoms with Gasteiger partial charge in [-0.05, 0) is 56.9 Å². The molecule has 1 saturated carbocycles. The van der Waals surface area contributed by atoms with Crippen molar-refractivity contribution in [3.8, 4) is 0 Å². The summed E-state index contributed by atoms with van der Waals surface area (Å²) in [5.41, 5.74) is 1.57. The van der Waals surface area contributed by atoms with Gasteiger partial charge in [-0.15, -0.1) is 0 Å². The van der Waals surface area contributed by atoms with E-state index in [4.69, 9.17) is 0 Å². The Kier molecular flexibility index (Phi) is 4.73. The van der Waals surface area contributed by atoms with Gasteiger partial charge in [0.05, 0.1) is 0 Å². The molecule has 1 aromatic carbocycles. The maximum absolute atomic E-state index is 2.36. The molecule has 0 nitrogen and oxygen atoms in total. The van der Waals surface area contributed by atoms with Crippen molar-refractivity contribution in [3.63, 3.8) is 0 Å². The SMILES string of the molecule is CP(C)Sc1ccc(C2CCCCC2)cc1. The van der Waals surface area contributed by atoms with Gasteiger partial charge in [-0.3, -0.25) is 0 Å². The fraction of sp³-hybridized carbons (Fsp3) is 0.571. The van der Waals surface area contributed by atoms with Crippen molar-refractivity contribution in [2.45, 2.75) is 42.9 Å². The number of hydrogen-bond acceptors (Lipinski definition) is 1. The van der Waals surface area contributed by atoms with Crippen LogP contribution in [0.3, 0.4) is 0 Å². The zero-order chi connectivity index (χ0) is 11.4. The maximum atomic E-state index is 2.36. The summed E-state index contributed by atoms with van der Waals surface area (Å²) in [7, 11) is 0.116. The highest BCUT2D eigenvalue weighted by Crippen LogP contribution is 2.47. The molecule has 0 aromatic heterocycles. The second kappa shape index (κ2) is 6.07. The third-order valence-corrected chi connectivity index (χ3v) is 5.82. The first-order chi connectivity index (χ1) is 7.75. The molecule has 1 aliphatic rings. The first kappa shape index (κ1) is 12.5. The highest BCUT2D eigenvalue weighted by atomic mass is 32.7. The molecule has 0 heterocycles. The van der Waals surface area contributed by atoms with E-state index in [0.717, 1.165) is 5.92 Å². The van der Waals surface area contributed by atoms with Gasteiger partial charge in [0.1, 0.15) is 0 Å². The predicted molar refractivity (Wildman–Crippen MR) is 76.9 cm³/mol. The highest BCUT2D eigenvalue weighted by Gasteiger charge is 2.15. The molecular formula is C14H21PS. The van der Waals surface area contributed by atoms with E-state index in [2.05, 4.69) is 37.6 Å². The fourth-order valence-corrected chi connectivity index (χ4v) is 4.76. The van der Waals surface area contributed by atoms with E-state index in [9.17, 15) is 0 Å². The van der Waals surface area contributed by atoms with Crippen LogP contribution in [0, 0.1) is 0 Å². The molecule has 0 unspecified atom stereocenters. The first-order valence-electron chi connectivity index (χ1n) is 6.21. The lowest BCUT2D eigenvalue weighted by molar-refractivity contribution is 0.443. The molecule has 16 heavy (non-hydrogen) atoms. The predicted octanol–water partition coefficient (Wildman–Crippen LogP) is 5.48. The fourth-order valence-electron chi connectivity index (χ4n) is 2.45. The lowest BCUT2D eigenvalue weighted by Crippen LogP contribution is -2.03. The summed E-state index contributed by atoms with van der Waals surface area (Å²) in [5.74, 6) is 0.845. The minimum Gasteiger partial charge on any atom is -0.0992 e. The van der Waals surface area contributed by atoms with Crippen LogP contribution in [0.1, 0.15) is 43.6 Å². The molecule has 0 bridgehead atoms. The first-order valence-corrected chi connectivity index (χ1v) is 9.87. The van der Waals surface area contributed by atoms with Crippen molar-refractivity contribution >= 4 is 18.5 Å². The minimum atomic E-state index is 0.116. The maximum Gasteiger partial charge on any atom is 0.0116 e. The van der Waals surface area contributed by atoms with E-state index in [1.165, 1.54) is 37.0 Å². The van der Waals surface area contributed by atoms with Gasteiger partial charge >= 0.3 is 0 Å². The van der Waals surface area contributed by atoms with Crippen LogP contribution in [0.25, 0.3) is 0 Å². The van der Waals surface area contributed by atoms with Crippen molar-refractivity contribution in [3.05, 3.63) is 29.8 Å². The summed E-state index contributed by atoms with van der Waals surface area (Å²) < 4.78 is 0. The van der Waals surface area contributed by atoms with E-state index >= 15 is 0 Å². The van der Waals surface area contributed by atoms with Crippen LogP contribution in [0.5, 0.6) is 0 Å². The quantitative estimate of drug-likeness (QED) is 0.642.